The highest BCUT2D eigenvalue weighted by molar-refractivity contribution is 5.71. The van der Waals surface area contributed by atoms with Gasteiger partial charge in [0, 0.05) is 31.0 Å². The van der Waals surface area contributed by atoms with Gasteiger partial charge in [-0.3, -0.25) is 4.98 Å². The summed E-state index contributed by atoms with van der Waals surface area (Å²) in [7, 11) is 3.84. The Balaban J connectivity index is 1.70. The third-order valence-electron chi connectivity index (χ3n) is 3.41. The number of fused-ring (bicyclic) bond motifs is 1. The lowest BCUT2D eigenvalue weighted by atomic mass is 10.1. The van der Waals surface area contributed by atoms with Crippen LogP contribution in [0.5, 0.6) is 0 Å². The number of anilines is 1. The molecular weight excluding hydrogens is 293 g/mol. The van der Waals surface area contributed by atoms with Crippen molar-refractivity contribution >= 4 is 17.0 Å². The second-order valence-corrected chi connectivity index (χ2v) is 5.61. The molecule has 1 N–H and O–H groups in total. The molecule has 0 atom stereocenters. The van der Waals surface area contributed by atoms with E-state index in [1.54, 1.807) is 18.5 Å². The van der Waals surface area contributed by atoms with Crippen molar-refractivity contribution in [1.29, 1.82) is 0 Å². The molecule has 0 spiro atoms. The number of halogens is 1. The minimum absolute atomic E-state index is 0.185. The number of hydrogen-bond donors (Lipinski definition) is 1. The summed E-state index contributed by atoms with van der Waals surface area (Å²) in [6.07, 6.45) is 3.24. The van der Waals surface area contributed by atoms with Crippen LogP contribution in [0.25, 0.3) is 11.2 Å². The van der Waals surface area contributed by atoms with Crippen molar-refractivity contribution in [2.75, 3.05) is 19.4 Å². The minimum atomic E-state index is -0.185. The number of rotatable bonds is 5. The van der Waals surface area contributed by atoms with Crippen molar-refractivity contribution in [3.63, 3.8) is 0 Å². The lowest BCUT2D eigenvalue weighted by Gasteiger charge is -2.12. The highest BCUT2D eigenvalue weighted by Gasteiger charge is 2.05. The van der Waals surface area contributed by atoms with Gasteiger partial charge in [-0.15, -0.1) is 0 Å². The largest absolute Gasteiger partial charge is 0.366 e. The van der Waals surface area contributed by atoms with Crippen LogP contribution in [0.4, 0.5) is 10.2 Å². The number of aromatic nitrogens is 3. The molecule has 0 bridgehead atoms. The van der Waals surface area contributed by atoms with E-state index in [0.717, 1.165) is 11.1 Å². The lowest BCUT2D eigenvalue weighted by Crippen LogP contribution is -2.12. The average Bonchev–Trinajstić information content (AvgIpc) is 2.54. The number of nitrogens with zero attached hydrogens (tertiary/aromatic N) is 4. The first kappa shape index (κ1) is 15.3. The van der Waals surface area contributed by atoms with Crippen molar-refractivity contribution in [3.05, 3.63) is 59.7 Å². The average molecular weight is 311 g/mol. The molecule has 5 nitrogen and oxygen atoms in total. The van der Waals surface area contributed by atoms with E-state index in [9.17, 15) is 4.39 Å². The molecule has 0 aliphatic carbocycles. The van der Waals surface area contributed by atoms with Crippen LogP contribution in [0, 0.1) is 5.82 Å². The molecule has 0 aliphatic rings. The molecule has 0 unspecified atom stereocenters. The van der Waals surface area contributed by atoms with Crippen LogP contribution in [0.15, 0.2) is 42.7 Å². The van der Waals surface area contributed by atoms with Crippen LogP contribution in [-0.4, -0.2) is 33.9 Å². The Morgan fingerprint density at radius 3 is 2.70 bits per heavy atom. The summed E-state index contributed by atoms with van der Waals surface area (Å²) in [5, 5.41) is 3.18. The number of benzene rings is 1. The normalized spacial score (nSPS) is 11.1. The third-order valence-corrected chi connectivity index (χ3v) is 3.41. The summed E-state index contributed by atoms with van der Waals surface area (Å²) in [6, 6.07) is 9.01. The van der Waals surface area contributed by atoms with Crippen molar-refractivity contribution in [2.45, 2.75) is 13.1 Å². The summed E-state index contributed by atoms with van der Waals surface area (Å²) in [6.45, 7) is 1.09. The van der Waals surface area contributed by atoms with E-state index in [4.69, 9.17) is 0 Å². The molecule has 0 aliphatic heterocycles. The monoisotopic (exact) mass is 311 g/mol. The maximum atomic E-state index is 14.1. The van der Waals surface area contributed by atoms with E-state index in [2.05, 4.69) is 20.3 Å². The third kappa shape index (κ3) is 3.78. The standard InChI is InChI=1S/C17H18FN5/c1-23(2)11-13-4-3-12(9-14(13)18)10-21-16-6-5-15-17(22-16)20-8-7-19-15/h3-9H,10-11H2,1-2H3,(H,20,21,22). The summed E-state index contributed by atoms with van der Waals surface area (Å²) in [5.41, 5.74) is 2.89. The number of pyridine rings is 1. The molecule has 0 saturated heterocycles. The van der Waals surface area contributed by atoms with Gasteiger partial charge in [-0.1, -0.05) is 12.1 Å². The van der Waals surface area contributed by atoms with Gasteiger partial charge < -0.3 is 10.2 Å². The Bertz CT molecular complexity index is 819. The van der Waals surface area contributed by atoms with Crippen LogP contribution in [0.2, 0.25) is 0 Å². The fraction of sp³-hybridized carbons (Fsp3) is 0.235. The predicted molar refractivity (Wildman–Crippen MR) is 88.5 cm³/mol. The van der Waals surface area contributed by atoms with E-state index in [0.29, 0.717) is 30.1 Å². The molecule has 0 fully saturated rings. The number of nitrogens with one attached hydrogen (secondary N) is 1. The Morgan fingerprint density at radius 2 is 1.91 bits per heavy atom. The Morgan fingerprint density at radius 1 is 1.09 bits per heavy atom. The number of hydrogen-bond acceptors (Lipinski definition) is 5. The van der Waals surface area contributed by atoms with Crippen LogP contribution in [-0.2, 0) is 13.1 Å². The molecule has 0 radical (unpaired) electrons. The van der Waals surface area contributed by atoms with E-state index >= 15 is 0 Å². The van der Waals surface area contributed by atoms with E-state index < -0.39 is 0 Å². The molecule has 0 saturated carbocycles. The molecule has 118 valence electrons. The Kier molecular flexibility index (Phi) is 4.43. The van der Waals surface area contributed by atoms with Gasteiger partial charge in [0.05, 0.1) is 0 Å². The molecule has 2 aromatic heterocycles. The molecule has 3 aromatic rings. The first-order valence-electron chi connectivity index (χ1n) is 7.35. The van der Waals surface area contributed by atoms with Gasteiger partial charge in [0.25, 0.3) is 0 Å². The zero-order valence-corrected chi connectivity index (χ0v) is 13.1. The summed E-state index contributed by atoms with van der Waals surface area (Å²) in [4.78, 5) is 14.7. The Labute approximate surface area is 134 Å². The van der Waals surface area contributed by atoms with Crippen molar-refractivity contribution in [1.82, 2.24) is 19.9 Å². The van der Waals surface area contributed by atoms with Gasteiger partial charge in [-0.25, -0.2) is 14.4 Å². The van der Waals surface area contributed by atoms with Gasteiger partial charge in [-0.05, 0) is 37.9 Å². The maximum absolute atomic E-state index is 14.1. The molecule has 3 rings (SSSR count). The second kappa shape index (κ2) is 6.66. The second-order valence-electron chi connectivity index (χ2n) is 5.61. The van der Waals surface area contributed by atoms with E-state index in [1.165, 1.54) is 0 Å². The molecule has 23 heavy (non-hydrogen) atoms. The van der Waals surface area contributed by atoms with Gasteiger partial charge in [0.15, 0.2) is 5.65 Å². The van der Waals surface area contributed by atoms with Crippen molar-refractivity contribution in [3.8, 4) is 0 Å². The quantitative estimate of drug-likeness (QED) is 0.785. The highest BCUT2D eigenvalue weighted by Crippen LogP contribution is 2.15. The first-order valence-corrected chi connectivity index (χ1v) is 7.35. The van der Waals surface area contributed by atoms with Gasteiger partial charge in [-0.2, -0.15) is 0 Å². The lowest BCUT2D eigenvalue weighted by molar-refractivity contribution is 0.392. The maximum Gasteiger partial charge on any atom is 0.180 e. The minimum Gasteiger partial charge on any atom is -0.366 e. The van der Waals surface area contributed by atoms with Gasteiger partial charge >= 0.3 is 0 Å². The summed E-state index contributed by atoms with van der Waals surface area (Å²) in [5.74, 6) is 0.506. The fourth-order valence-electron chi connectivity index (χ4n) is 2.32. The van der Waals surface area contributed by atoms with Crippen LogP contribution < -0.4 is 5.32 Å². The first-order chi connectivity index (χ1) is 11.1. The topological polar surface area (TPSA) is 53.9 Å². The zero-order chi connectivity index (χ0) is 16.2. The summed E-state index contributed by atoms with van der Waals surface area (Å²) >= 11 is 0. The van der Waals surface area contributed by atoms with E-state index in [1.807, 2.05) is 43.3 Å². The summed E-state index contributed by atoms with van der Waals surface area (Å²) < 4.78 is 14.1. The van der Waals surface area contributed by atoms with Crippen LogP contribution >= 0.6 is 0 Å². The SMILES string of the molecule is CN(C)Cc1ccc(CNc2ccc3nccnc3n2)cc1F. The Hall–Kier alpha value is -2.60. The van der Waals surface area contributed by atoms with Gasteiger partial charge in [0.2, 0.25) is 0 Å². The molecule has 6 heteroatoms. The molecule has 0 amide bonds. The fourth-order valence-corrected chi connectivity index (χ4v) is 2.32. The molecule has 1 aromatic carbocycles. The highest BCUT2D eigenvalue weighted by atomic mass is 19.1. The van der Waals surface area contributed by atoms with Crippen molar-refractivity contribution < 1.29 is 4.39 Å². The molecule has 2 heterocycles. The van der Waals surface area contributed by atoms with E-state index in [-0.39, 0.29) is 5.82 Å². The predicted octanol–water partition coefficient (Wildman–Crippen LogP) is 2.84. The van der Waals surface area contributed by atoms with Crippen molar-refractivity contribution in [2.24, 2.45) is 0 Å². The van der Waals surface area contributed by atoms with Crippen LogP contribution in [0.1, 0.15) is 11.1 Å². The molecular formula is C17H18FN5. The van der Waals surface area contributed by atoms with Crippen LogP contribution in [0.3, 0.4) is 0 Å². The zero-order valence-electron chi connectivity index (χ0n) is 13.1. The van der Waals surface area contributed by atoms with Gasteiger partial charge in [0.1, 0.15) is 17.2 Å². The smallest absolute Gasteiger partial charge is 0.180 e.